The molecule has 128 valence electrons. The second-order valence-corrected chi connectivity index (χ2v) is 7.30. The molecule has 9 heteroatoms. The van der Waals surface area contributed by atoms with Gasteiger partial charge in [-0.15, -0.1) is 0 Å². The lowest BCUT2D eigenvalue weighted by Gasteiger charge is -2.17. The van der Waals surface area contributed by atoms with Crippen LogP contribution in [0, 0.1) is 0 Å². The lowest BCUT2D eigenvalue weighted by molar-refractivity contribution is -0.115. The summed E-state index contributed by atoms with van der Waals surface area (Å²) in [6.45, 7) is 1.91. The fourth-order valence-electron chi connectivity index (χ4n) is 2.04. The Hall–Kier alpha value is -2.19. The monoisotopic (exact) mass is 369 g/mol. The third-order valence-corrected chi connectivity index (χ3v) is 5.05. The van der Waals surface area contributed by atoms with E-state index < -0.39 is 32.1 Å². The Balaban J connectivity index is 2.34. The fraction of sp³-hybridized carbons (Fsp3) is 0.267. The highest BCUT2D eigenvalue weighted by Gasteiger charge is 2.27. The Labute approximate surface area is 144 Å². The van der Waals surface area contributed by atoms with Crippen molar-refractivity contribution in [3.8, 4) is 0 Å². The van der Waals surface area contributed by atoms with Crippen molar-refractivity contribution in [1.29, 1.82) is 0 Å². The summed E-state index contributed by atoms with van der Waals surface area (Å²) in [6, 6.07) is 8.58. The quantitative estimate of drug-likeness (QED) is 0.793. The summed E-state index contributed by atoms with van der Waals surface area (Å²) in [5.41, 5.74) is -0.250. The molecular formula is C15H16ClN3O4S. The van der Waals surface area contributed by atoms with Crippen molar-refractivity contribution in [2.24, 2.45) is 0 Å². The second-order valence-electron chi connectivity index (χ2n) is 5.01. The summed E-state index contributed by atoms with van der Waals surface area (Å²) in [7, 11) is -2.76. The van der Waals surface area contributed by atoms with Crippen LogP contribution in [0.4, 0.5) is 5.69 Å². The Morgan fingerprint density at radius 2 is 1.92 bits per heavy atom. The molecule has 2 aromatic rings. The molecule has 0 spiro atoms. The van der Waals surface area contributed by atoms with Crippen molar-refractivity contribution in [1.82, 2.24) is 9.55 Å². The molecule has 0 unspecified atom stereocenters. The Morgan fingerprint density at radius 3 is 2.50 bits per heavy atom. The van der Waals surface area contributed by atoms with Crippen molar-refractivity contribution in [3.05, 3.63) is 52.0 Å². The van der Waals surface area contributed by atoms with Gasteiger partial charge in [-0.2, -0.15) is 0 Å². The van der Waals surface area contributed by atoms with Crippen LogP contribution in [-0.2, 0) is 21.2 Å². The Morgan fingerprint density at radius 1 is 1.29 bits per heavy atom. The van der Waals surface area contributed by atoms with Crippen LogP contribution in [0.1, 0.15) is 6.92 Å². The van der Waals surface area contributed by atoms with E-state index in [1.807, 2.05) is 0 Å². The van der Waals surface area contributed by atoms with Gasteiger partial charge in [-0.25, -0.2) is 13.4 Å². The summed E-state index contributed by atoms with van der Waals surface area (Å²) in [4.78, 5) is 29.2. The van der Waals surface area contributed by atoms with Crippen molar-refractivity contribution < 1.29 is 13.2 Å². The van der Waals surface area contributed by atoms with Gasteiger partial charge in [0.05, 0.1) is 0 Å². The highest BCUT2D eigenvalue weighted by Crippen LogP contribution is 2.14. The highest BCUT2D eigenvalue weighted by molar-refractivity contribution is 7.92. The molecule has 0 aliphatic carbocycles. The molecule has 1 aromatic heterocycles. The van der Waals surface area contributed by atoms with Crippen molar-refractivity contribution >= 4 is 33.0 Å². The first kappa shape index (κ1) is 18.2. The van der Waals surface area contributed by atoms with Crippen LogP contribution in [0.2, 0.25) is 5.15 Å². The van der Waals surface area contributed by atoms with Gasteiger partial charge >= 0.3 is 0 Å². The number of halogens is 1. The van der Waals surface area contributed by atoms with Crippen LogP contribution in [0.5, 0.6) is 0 Å². The predicted octanol–water partition coefficient (Wildman–Crippen LogP) is 1.35. The van der Waals surface area contributed by atoms with E-state index in [0.29, 0.717) is 5.69 Å². The van der Waals surface area contributed by atoms with Crippen LogP contribution in [0.25, 0.3) is 0 Å². The maximum atomic E-state index is 12.4. The lowest BCUT2D eigenvalue weighted by atomic mass is 10.3. The maximum absolute atomic E-state index is 12.4. The largest absolute Gasteiger partial charge is 0.315 e. The number of sulfone groups is 1. The van der Waals surface area contributed by atoms with Gasteiger partial charge in [0, 0.05) is 25.5 Å². The Bertz CT molecular complexity index is 910. The molecule has 0 saturated heterocycles. The van der Waals surface area contributed by atoms with Gasteiger partial charge in [-0.05, 0) is 19.1 Å². The minimum absolute atomic E-state index is 0.126. The number of nitrogens with zero attached hydrogens (tertiary/aromatic N) is 3. The van der Waals surface area contributed by atoms with Crippen LogP contribution >= 0.6 is 11.6 Å². The van der Waals surface area contributed by atoms with E-state index in [4.69, 9.17) is 11.6 Å². The first-order valence-electron chi connectivity index (χ1n) is 7.07. The summed E-state index contributed by atoms with van der Waals surface area (Å²) < 4.78 is 26.0. The number of anilines is 1. The molecule has 0 N–H and O–H groups in total. The SMILES string of the molecule is CCn1cc(Cl)nc(S(=O)(=O)CC(=O)N(C)c2ccccc2)c1=O. The standard InChI is InChI=1S/C15H16ClN3O4S/c1-3-19-9-12(16)17-14(15(19)21)24(22,23)10-13(20)18(2)11-7-5-4-6-8-11/h4-9H,3,10H2,1-2H3. The summed E-state index contributed by atoms with van der Waals surface area (Å²) in [6.07, 6.45) is 1.25. The Kier molecular flexibility index (Phi) is 5.40. The van der Waals surface area contributed by atoms with Gasteiger partial charge in [-0.3, -0.25) is 9.59 Å². The molecule has 0 fully saturated rings. The van der Waals surface area contributed by atoms with E-state index in [1.165, 1.54) is 18.1 Å². The number of aryl methyl sites for hydroxylation is 1. The third-order valence-electron chi connectivity index (χ3n) is 3.38. The topological polar surface area (TPSA) is 89.3 Å². The van der Waals surface area contributed by atoms with Gasteiger partial charge < -0.3 is 9.47 Å². The van der Waals surface area contributed by atoms with Crippen LogP contribution < -0.4 is 10.5 Å². The zero-order chi connectivity index (χ0) is 17.9. The zero-order valence-corrected chi connectivity index (χ0v) is 14.7. The molecule has 7 nitrogen and oxygen atoms in total. The minimum atomic E-state index is -4.22. The number of rotatable bonds is 5. The lowest BCUT2D eigenvalue weighted by Crippen LogP contribution is -2.35. The molecule has 1 aromatic carbocycles. The first-order chi connectivity index (χ1) is 11.3. The van der Waals surface area contributed by atoms with Crippen LogP contribution in [0.3, 0.4) is 0 Å². The van der Waals surface area contributed by atoms with Crippen LogP contribution in [0.15, 0.2) is 46.3 Å². The number of para-hydroxylation sites is 1. The number of hydrogen-bond donors (Lipinski definition) is 0. The summed E-state index contributed by atoms with van der Waals surface area (Å²) in [5, 5.41) is -0.842. The average molecular weight is 370 g/mol. The van der Waals surface area contributed by atoms with E-state index in [9.17, 15) is 18.0 Å². The van der Waals surface area contributed by atoms with Gasteiger partial charge in [-0.1, -0.05) is 29.8 Å². The molecule has 24 heavy (non-hydrogen) atoms. The third kappa shape index (κ3) is 3.82. The number of hydrogen-bond acceptors (Lipinski definition) is 5. The maximum Gasteiger partial charge on any atom is 0.288 e. The van der Waals surface area contributed by atoms with Crippen molar-refractivity contribution in [3.63, 3.8) is 0 Å². The smallest absolute Gasteiger partial charge is 0.288 e. The highest BCUT2D eigenvalue weighted by atomic mass is 35.5. The van der Waals surface area contributed by atoms with E-state index in [1.54, 1.807) is 37.3 Å². The van der Waals surface area contributed by atoms with Crippen molar-refractivity contribution in [2.75, 3.05) is 17.7 Å². The second kappa shape index (κ2) is 7.14. The molecule has 0 radical (unpaired) electrons. The van der Waals surface area contributed by atoms with Gasteiger partial charge in [0.1, 0.15) is 10.9 Å². The van der Waals surface area contributed by atoms with Gasteiger partial charge in [0.2, 0.25) is 20.8 Å². The number of carbonyl (C=O) groups excluding carboxylic acids is 1. The average Bonchev–Trinajstić information content (AvgIpc) is 2.56. The molecule has 0 aliphatic heterocycles. The molecule has 1 amide bonds. The fourth-order valence-corrected chi connectivity index (χ4v) is 3.57. The van der Waals surface area contributed by atoms with E-state index in [-0.39, 0.29) is 11.7 Å². The molecule has 0 bridgehead atoms. The van der Waals surface area contributed by atoms with E-state index in [0.717, 1.165) is 4.57 Å². The zero-order valence-electron chi connectivity index (χ0n) is 13.1. The van der Waals surface area contributed by atoms with Gasteiger partial charge in [0.25, 0.3) is 5.56 Å². The van der Waals surface area contributed by atoms with Crippen LogP contribution in [-0.4, -0.2) is 36.7 Å². The number of aromatic nitrogens is 2. The molecule has 0 saturated carbocycles. The molecule has 0 aliphatic rings. The van der Waals surface area contributed by atoms with E-state index >= 15 is 0 Å². The molecule has 0 atom stereocenters. The summed E-state index contributed by atoms with van der Waals surface area (Å²) >= 11 is 5.77. The molecule has 2 rings (SSSR count). The molecule has 1 heterocycles. The molecular weight excluding hydrogens is 354 g/mol. The predicted molar refractivity (Wildman–Crippen MR) is 91.1 cm³/mol. The number of carbonyl (C=O) groups is 1. The summed E-state index contributed by atoms with van der Waals surface area (Å²) in [5.74, 6) is -1.55. The van der Waals surface area contributed by atoms with Gasteiger partial charge in [0.15, 0.2) is 0 Å². The first-order valence-corrected chi connectivity index (χ1v) is 9.10. The van der Waals surface area contributed by atoms with Crippen molar-refractivity contribution in [2.45, 2.75) is 18.5 Å². The number of amides is 1. The number of benzene rings is 1. The normalized spacial score (nSPS) is 11.3. The van der Waals surface area contributed by atoms with E-state index in [2.05, 4.69) is 4.98 Å². The minimum Gasteiger partial charge on any atom is -0.315 e.